The van der Waals surface area contributed by atoms with Gasteiger partial charge >= 0.3 is 11.9 Å². The van der Waals surface area contributed by atoms with Gasteiger partial charge in [-0.3, -0.25) is 24.2 Å². The highest BCUT2D eigenvalue weighted by Gasteiger charge is 2.73. The fourth-order valence-corrected chi connectivity index (χ4v) is 15.7. The van der Waals surface area contributed by atoms with Crippen LogP contribution >= 0.6 is 0 Å². The number of amides is 1. The Kier molecular flexibility index (Phi) is 10.4. The van der Waals surface area contributed by atoms with Crippen molar-refractivity contribution in [2.45, 2.75) is 145 Å². The molecule has 0 aromatic rings. The quantitative estimate of drug-likeness (QED) is 0.237. The third-order valence-electron chi connectivity index (χ3n) is 19.7. The summed E-state index contributed by atoms with van der Waals surface area (Å²) >= 11 is 0. The van der Waals surface area contributed by atoms with Gasteiger partial charge in [0.15, 0.2) is 0 Å². The Morgan fingerprint density at radius 2 is 1.36 bits per heavy atom. The molecule has 0 bridgehead atoms. The Labute approximate surface area is 338 Å². The zero-order valence-electron chi connectivity index (χ0n) is 36.6. The molecule has 0 radical (unpaired) electrons. The van der Waals surface area contributed by atoms with Crippen molar-refractivity contribution < 1.29 is 29.0 Å². The molecule has 316 valence electrons. The van der Waals surface area contributed by atoms with E-state index in [1.54, 1.807) is 13.8 Å². The number of carbonyl (C=O) groups excluding carboxylic acids is 2. The van der Waals surface area contributed by atoms with E-state index in [0.29, 0.717) is 40.9 Å². The van der Waals surface area contributed by atoms with Gasteiger partial charge in [0.25, 0.3) is 0 Å². The molecular formula is C47H77N3O6. The standard InChI is InChI=1S/C47H77N3O6/c1-41(2,40(53)54)31-37(51)56-36-13-14-44(6)34(42(36,3)4)12-15-46(8)35(44)10-9-33-38-32(43(5)17-18-43)11-16-47(38,20-19-45(33,46)7)39(52)50-25-23-48(24-26-50)21-22-49-27-29-55-30-28-49/h32-36,38H,9-31H2,1-8H3,(H,53,54). The lowest BCUT2D eigenvalue weighted by molar-refractivity contribution is -0.251. The maximum atomic E-state index is 15.3. The molecule has 2 aliphatic heterocycles. The lowest BCUT2D eigenvalue weighted by Crippen LogP contribution is -2.68. The van der Waals surface area contributed by atoms with Gasteiger partial charge in [0, 0.05) is 57.8 Å². The number of carboxylic acids is 1. The van der Waals surface area contributed by atoms with Gasteiger partial charge in [0.2, 0.25) is 5.91 Å². The Morgan fingerprint density at radius 1 is 0.696 bits per heavy atom. The van der Waals surface area contributed by atoms with E-state index in [2.05, 4.69) is 56.2 Å². The number of carbonyl (C=O) groups is 3. The topological polar surface area (TPSA) is 99.6 Å². The normalized spacial score (nSPS) is 43.5. The van der Waals surface area contributed by atoms with Gasteiger partial charge in [-0.15, -0.1) is 0 Å². The second kappa shape index (κ2) is 14.2. The van der Waals surface area contributed by atoms with Crippen LogP contribution in [0.5, 0.6) is 0 Å². The summed E-state index contributed by atoms with van der Waals surface area (Å²) in [6, 6.07) is 0. The number of carboxylic acid groups (broad SMARTS) is 1. The largest absolute Gasteiger partial charge is 0.481 e. The number of aliphatic carboxylic acids is 1. The van der Waals surface area contributed by atoms with E-state index >= 15 is 4.79 Å². The molecule has 8 fully saturated rings. The summed E-state index contributed by atoms with van der Waals surface area (Å²) in [5, 5.41) is 9.66. The average molecular weight is 780 g/mol. The van der Waals surface area contributed by atoms with E-state index in [0.717, 1.165) is 97.7 Å². The molecule has 9 heteroatoms. The lowest BCUT2D eigenvalue weighted by atomic mass is 9.32. The minimum absolute atomic E-state index is 0.103. The number of ether oxygens (including phenoxy) is 2. The van der Waals surface area contributed by atoms with Gasteiger partial charge in [0.1, 0.15) is 6.10 Å². The van der Waals surface area contributed by atoms with E-state index in [4.69, 9.17) is 9.47 Å². The molecule has 10 unspecified atom stereocenters. The van der Waals surface area contributed by atoms with Crippen LogP contribution in [-0.4, -0.2) is 109 Å². The number of rotatable bonds is 9. The van der Waals surface area contributed by atoms with Crippen LogP contribution in [0.3, 0.4) is 0 Å². The minimum Gasteiger partial charge on any atom is -0.481 e. The Balaban J connectivity index is 0.997. The highest BCUT2D eigenvalue weighted by Crippen LogP contribution is 2.79. The first kappa shape index (κ1) is 41.0. The van der Waals surface area contributed by atoms with Crippen LogP contribution in [0.1, 0.15) is 139 Å². The number of piperazine rings is 1. The van der Waals surface area contributed by atoms with E-state index in [1.165, 1.54) is 44.9 Å². The van der Waals surface area contributed by atoms with E-state index < -0.39 is 11.4 Å². The van der Waals surface area contributed by atoms with Crippen molar-refractivity contribution in [3.05, 3.63) is 0 Å². The van der Waals surface area contributed by atoms with Crippen molar-refractivity contribution >= 4 is 17.8 Å². The Hall–Kier alpha value is -1.71. The fourth-order valence-electron chi connectivity index (χ4n) is 15.7. The monoisotopic (exact) mass is 780 g/mol. The summed E-state index contributed by atoms with van der Waals surface area (Å²) in [7, 11) is 0. The second-order valence-electron chi connectivity index (χ2n) is 22.9. The molecule has 1 amide bonds. The molecule has 0 spiro atoms. The van der Waals surface area contributed by atoms with Gasteiger partial charge in [0.05, 0.1) is 30.5 Å². The predicted octanol–water partition coefficient (Wildman–Crippen LogP) is 7.76. The molecule has 56 heavy (non-hydrogen) atoms. The van der Waals surface area contributed by atoms with Gasteiger partial charge in [-0.1, -0.05) is 41.5 Å². The Morgan fingerprint density at radius 3 is 2.00 bits per heavy atom. The number of hydrogen-bond donors (Lipinski definition) is 1. The molecule has 0 aromatic carbocycles. The Bertz CT molecular complexity index is 1530. The molecule has 1 N–H and O–H groups in total. The number of morpholine rings is 1. The first-order chi connectivity index (χ1) is 26.3. The summed E-state index contributed by atoms with van der Waals surface area (Å²) in [6.45, 7) is 28.1. The first-order valence-corrected chi connectivity index (χ1v) is 23.1. The average Bonchev–Trinajstić information content (AvgIpc) is 3.77. The number of esters is 1. The molecule has 8 rings (SSSR count). The van der Waals surface area contributed by atoms with Crippen LogP contribution in [0, 0.1) is 67.5 Å². The van der Waals surface area contributed by atoms with Crippen LogP contribution in [0.25, 0.3) is 0 Å². The first-order valence-electron chi connectivity index (χ1n) is 23.1. The molecule has 0 aromatic heterocycles. The van der Waals surface area contributed by atoms with Crippen molar-refractivity contribution in [3.63, 3.8) is 0 Å². The maximum Gasteiger partial charge on any atom is 0.309 e. The van der Waals surface area contributed by atoms with Crippen molar-refractivity contribution in [1.82, 2.24) is 14.7 Å². The molecule has 9 nitrogen and oxygen atoms in total. The predicted molar refractivity (Wildman–Crippen MR) is 218 cm³/mol. The summed E-state index contributed by atoms with van der Waals surface area (Å²) in [5.41, 5.74) is -0.569. The summed E-state index contributed by atoms with van der Waals surface area (Å²) < 4.78 is 11.8. The number of nitrogens with zero attached hydrogens (tertiary/aromatic N) is 3. The number of fused-ring (bicyclic) bond motifs is 7. The van der Waals surface area contributed by atoms with E-state index in [-0.39, 0.29) is 45.6 Å². The maximum absolute atomic E-state index is 15.3. The molecule has 8 aliphatic rings. The molecule has 2 heterocycles. The van der Waals surface area contributed by atoms with Gasteiger partial charge in [-0.05, 0) is 142 Å². The number of hydrogen-bond acceptors (Lipinski definition) is 7. The highest BCUT2D eigenvalue weighted by molar-refractivity contribution is 5.84. The molecule has 10 atom stereocenters. The summed E-state index contributed by atoms with van der Waals surface area (Å²) in [5.74, 6) is 1.95. The van der Waals surface area contributed by atoms with Gasteiger partial charge in [-0.25, -0.2) is 0 Å². The van der Waals surface area contributed by atoms with Gasteiger partial charge < -0.3 is 19.5 Å². The molecular weight excluding hydrogens is 703 g/mol. The third kappa shape index (κ3) is 6.43. The third-order valence-corrected chi connectivity index (χ3v) is 19.7. The van der Waals surface area contributed by atoms with Crippen LogP contribution in [0.2, 0.25) is 0 Å². The fraction of sp³-hybridized carbons (Fsp3) is 0.936. The SMILES string of the molecule is CC(C)(CC(=O)OC1CCC2(C)C(CCC3(C)C2CCC2C4C(C5(C)CC5)CCC4(C(=O)N4CCN(CCN5CCOCC5)CC4)CCC23C)C1(C)C)C(=O)O. The minimum atomic E-state index is -1.14. The smallest absolute Gasteiger partial charge is 0.309 e. The molecule has 6 saturated carbocycles. The lowest BCUT2D eigenvalue weighted by Gasteiger charge is -2.73. The van der Waals surface area contributed by atoms with Crippen LogP contribution in [-0.2, 0) is 23.9 Å². The van der Waals surface area contributed by atoms with Crippen LogP contribution < -0.4 is 0 Å². The summed E-state index contributed by atoms with van der Waals surface area (Å²) in [6.07, 6.45) is 13.6. The van der Waals surface area contributed by atoms with E-state index in [9.17, 15) is 14.7 Å². The molecule has 2 saturated heterocycles. The second-order valence-corrected chi connectivity index (χ2v) is 22.9. The molecule has 6 aliphatic carbocycles. The van der Waals surface area contributed by atoms with Gasteiger partial charge in [-0.2, -0.15) is 0 Å². The summed E-state index contributed by atoms with van der Waals surface area (Å²) in [4.78, 5) is 47.7. The van der Waals surface area contributed by atoms with Crippen LogP contribution in [0.4, 0.5) is 0 Å². The van der Waals surface area contributed by atoms with E-state index in [1.807, 2.05) is 0 Å². The zero-order chi connectivity index (χ0) is 40.1. The van der Waals surface area contributed by atoms with Crippen molar-refractivity contribution in [1.29, 1.82) is 0 Å². The van der Waals surface area contributed by atoms with Crippen molar-refractivity contribution in [3.8, 4) is 0 Å². The van der Waals surface area contributed by atoms with Crippen molar-refractivity contribution in [2.75, 3.05) is 65.6 Å². The van der Waals surface area contributed by atoms with Crippen LogP contribution in [0.15, 0.2) is 0 Å². The zero-order valence-corrected chi connectivity index (χ0v) is 36.6. The van der Waals surface area contributed by atoms with Crippen molar-refractivity contribution in [2.24, 2.45) is 67.5 Å². The highest BCUT2D eigenvalue weighted by atomic mass is 16.5.